The van der Waals surface area contributed by atoms with Gasteiger partial charge in [0.15, 0.2) is 0 Å². The summed E-state index contributed by atoms with van der Waals surface area (Å²) < 4.78 is 78.3. The van der Waals surface area contributed by atoms with Gasteiger partial charge in [0.05, 0.1) is 11.0 Å². The van der Waals surface area contributed by atoms with Crippen LogP contribution in [0.4, 0.5) is 0 Å². The van der Waals surface area contributed by atoms with Crippen molar-refractivity contribution in [3.63, 3.8) is 0 Å². The molecule has 0 aliphatic rings. The van der Waals surface area contributed by atoms with Crippen LogP contribution in [0.5, 0.6) is 0 Å². The fourth-order valence-corrected chi connectivity index (χ4v) is 6.24. The molecule has 9 aromatic rings. The van der Waals surface area contributed by atoms with Crippen molar-refractivity contribution < 1.29 is 15.4 Å². The minimum Gasteiger partial charge on any atom is -0.456 e. The predicted molar refractivity (Wildman–Crippen MR) is 175 cm³/mol. The third-order valence-corrected chi connectivity index (χ3v) is 8.06. The summed E-state index contributed by atoms with van der Waals surface area (Å²) in [5.74, 6) is 0. The lowest BCUT2D eigenvalue weighted by Crippen LogP contribution is -1.91. The van der Waals surface area contributed by atoms with Gasteiger partial charge in [-0.15, -0.1) is 0 Å². The molecule has 41 heavy (non-hydrogen) atoms. The molecule has 1 heteroatoms. The van der Waals surface area contributed by atoms with Gasteiger partial charge in [-0.2, -0.15) is 0 Å². The molecule has 9 rings (SSSR count). The van der Waals surface area contributed by atoms with Crippen molar-refractivity contribution in [3.05, 3.63) is 145 Å². The molecule has 0 N–H and O–H groups in total. The van der Waals surface area contributed by atoms with Crippen LogP contribution in [-0.2, 0) is 0 Å². The zero-order valence-electron chi connectivity index (χ0n) is 29.6. The molecule has 0 bridgehead atoms. The molecule has 0 atom stereocenters. The first-order valence-electron chi connectivity index (χ1n) is 17.4. The van der Waals surface area contributed by atoms with Gasteiger partial charge in [0.25, 0.3) is 0 Å². The molecule has 0 aliphatic heterocycles. The summed E-state index contributed by atoms with van der Waals surface area (Å²) >= 11 is 0. The van der Waals surface area contributed by atoms with E-state index in [2.05, 4.69) is 6.07 Å². The van der Waals surface area contributed by atoms with Gasteiger partial charge < -0.3 is 4.42 Å². The molecule has 1 nitrogen and oxygen atoms in total. The van der Waals surface area contributed by atoms with E-state index in [0.717, 1.165) is 32.3 Å². The van der Waals surface area contributed by atoms with E-state index >= 15 is 0 Å². The highest BCUT2D eigenvalue weighted by Gasteiger charge is 2.19. The normalized spacial score (nSPS) is 14.6. The maximum Gasteiger partial charge on any atom is 0.136 e. The molecule has 190 valence electrons. The molecule has 0 fully saturated rings. The first-order valence-corrected chi connectivity index (χ1v) is 13.4. The van der Waals surface area contributed by atoms with E-state index in [0.29, 0.717) is 33.4 Å². The number of furan rings is 1. The second-order valence-electron chi connectivity index (χ2n) is 10.3. The Kier molecular flexibility index (Phi) is 3.34. The Bertz CT molecular complexity index is 2840. The van der Waals surface area contributed by atoms with Crippen LogP contribution < -0.4 is 0 Å². The molecule has 0 spiro atoms. The summed E-state index contributed by atoms with van der Waals surface area (Å²) in [5, 5.41) is 6.13. The first kappa shape index (κ1) is 16.0. The number of rotatable bonds is 2. The lowest BCUT2D eigenvalue weighted by atomic mass is 9.84. The average molecular weight is 529 g/mol. The second kappa shape index (κ2) is 8.55. The van der Waals surface area contributed by atoms with Crippen LogP contribution in [0.25, 0.3) is 87.3 Å². The molecular weight excluding hydrogens is 496 g/mol. The molecule has 0 saturated carbocycles. The molecule has 1 heterocycles. The molecule has 0 radical (unpaired) electrons. The molecule has 8 aromatic carbocycles. The fraction of sp³-hybridized carbons (Fsp3) is 0. The first-order chi connectivity index (χ1) is 23.7. The van der Waals surface area contributed by atoms with Gasteiger partial charge >= 0.3 is 0 Å². The monoisotopic (exact) mass is 528 g/mol. The van der Waals surface area contributed by atoms with Crippen molar-refractivity contribution in [3.8, 4) is 22.3 Å². The predicted octanol–water partition coefficient (Wildman–Crippen LogP) is 11.5. The number of fused-ring (bicyclic) bond motifs is 7. The van der Waals surface area contributed by atoms with E-state index in [4.69, 9.17) is 9.90 Å². The minimum atomic E-state index is -0.427. The Morgan fingerprint density at radius 2 is 1.00 bits per heavy atom. The number of hydrogen-bond donors (Lipinski definition) is 0. The van der Waals surface area contributed by atoms with Crippen molar-refractivity contribution in [2.45, 2.75) is 0 Å². The van der Waals surface area contributed by atoms with E-state index in [1.165, 1.54) is 0 Å². The summed E-state index contributed by atoms with van der Waals surface area (Å²) in [6.45, 7) is 0. The maximum atomic E-state index is 9.29. The van der Waals surface area contributed by atoms with E-state index in [-0.39, 0.29) is 45.7 Å². The Morgan fingerprint density at radius 1 is 0.415 bits per heavy atom. The number of benzene rings is 8. The standard InChI is InChI=1S/C40H24O/c1-2-12-27-24-38-36(22-26(27)11-1)35-23-28(20-21-37(35)41-38)39-31-15-5-7-17-33(31)40(34-18-8-6-16-32(34)39)30-19-9-13-25-10-3-4-14-29(25)30/h1-24H/i5D,6D,7D,8D,15D,16D,17D,18D. The molecule has 0 unspecified atom stereocenters. The molecule has 0 saturated heterocycles. The van der Waals surface area contributed by atoms with Gasteiger partial charge in [-0.25, -0.2) is 0 Å². The maximum absolute atomic E-state index is 9.29. The third-order valence-electron chi connectivity index (χ3n) is 8.06. The summed E-state index contributed by atoms with van der Waals surface area (Å²) in [7, 11) is 0. The highest BCUT2D eigenvalue weighted by Crippen LogP contribution is 2.46. The van der Waals surface area contributed by atoms with Crippen molar-refractivity contribution >= 4 is 65.0 Å². The molecule has 1 aromatic heterocycles. The second-order valence-corrected chi connectivity index (χ2v) is 10.3. The van der Waals surface area contributed by atoms with Crippen molar-refractivity contribution in [2.75, 3.05) is 0 Å². The van der Waals surface area contributed by atoms with Gasteiger partial charge in [-0.1, -0.05) is 121 Å². The van der Waals surface area contributed by atoms with E-state index < -0.39 is 24.2 Å². The highest BCUT2D eigenvalue weighted by atomic mass is 16.3. The molecular formula is C40H24O. The van der Waals surface area contributed by atoms with Crippen LogP contribution in [-0.4, -0.2) is 0 Å². The van der Waals surface area contributed by atoms with Crippen LogP contribution >= 0.6 is 0 Å². The van der Waals surface area contributed by atoms with Crippen LogP contribution in [0, 0.1) is 0 Å². The van der Waals surface area contributed by atoms with Gasteiger partial charge in [0.1, 0.15) is 11.2 Å². The third kappa shape index (κ3) is 3.30. The quantitative estimate of drug-likeness (QED) is 0.203. The fourth-order valence-electron chi connectivity index (χ4n) is 6.24. The molecule has 0 amide bonds. The minimum absolute atomic E-state index is 0.184. The van der Waals surface area contributed by atoms with Gasteiger partial charge in [-0.3, -0.25) is 0 Å². The average Bonchev–Trinajstić information content (AvgIpc) is 3.48. The largest absolute Gasteiger partial charge is 0.456 e. The Morgan fingerprint density at radius 3 is 1.73 bits per heavy atom. The zero-order valence-corrected chi connectivity index (χ0v) is 21.6. The summed E-state index contributed by atoms with van der Waals surface area (Å²) in [6.07, 6.45) is 0. The van der Waals surface area contributed by atoms with Crippen LogP contribution in [0.2, 0.25) is 0 Å². The van der Waals surface area contributed by atoms with Crippen molar-refractivity contribution in [1.82, 2.24) is 0 Å². The number of hydrogen-bond acceptors (Lipinski definition) is 1. The summed E-state index contributed by atoms with van der Waals surface area (Å²) in [5.41, 5.74) is 3.11. The molecule has 0 aliphatic carbocycles. The van der Waals surface area contributed by atoms with Crippen molar-refractivity contribution in [1.29, 1.82) is 0 Å². The Balaban J connectivity index is 1.54. The Labute approximate surface area is 248 Å². The SMILES string of the molecule is [2H]c1c([2H])c([2H])c2c(-c3cccc4ccccc34)c3c([2H])c([2H])c([2H])c([2H])c3c(-c3ccc4oc5cc6ccccc6cc5c4c3)c2c1[2H]. The Hall–Kier alpha value is -5.40. The zero-order chi connectivity index (χ0) is 33.9. The van der Waals surface area contributed by atoms with Gasteiger partial charge in [0.2, 0.25) is 0 Å². The summed E-state index contributed by atoms with van der Waals surface area (Å²) in [6, 6.07) is 27.9. The van der Waals surface area contributed by atoms with E-state index in [1.807, 2.05) is 84.9 Å². The summed E-state index contributed by atoms with van der Waals surface area (Å²) in [4.78, 5) is 0. The van der Waals surface area contributed by atoms with E-state index in [1.54, 1.807) is 6.07 Å². The topological polar surface area (TPSA) is 13.1 Å². The van der Waals surface area contributed by atoms with Crippen LogP contribution in [0.1, 0.15) is 11.0 Å². The van der Waals surface area contributed by atoms with Gasteiger partial charge in [-0.05, 0) is 89.6 Å². The van der Waals surface area contributed by atoms with Crippen molar-refractivity contribution in [2.24, 2.45) is 0 Å². The highest BCUT2D eigenvalue weighted by molar-refractivity contribution is 6.24. The van der Waals surface area contributed by atoms with Crippen LogP contribution in [0.3, 0.4) is 0 Å². The lowest BCUT2D eigenvalue weighted by molar-refractivity contribution is 0.669. The van der Waals surface area contributed by atoms with Crippen LogP contribution in [0.15, 0.2) is 150 Å². The van der Waals surface area contributed by atoms with E-state index in [9.17, 15) is 5.48 Å². The smallest absolute Gasteiger partial charge is 0.136 e. The lowest BCUT2D eigenvalue weighted by Gasteiger charge is -2.18. The van der Waals surface area contributed by atoms with Gasteiger partial charge in [0, 0.05) is 10.8 Å².